The third-order valence-electron chi connectivity index (χ3n) is 11.5. The molecule has 0 spiro atoms. The first-order chi connectivity index (χ1) is 28.1. The molecule has 2 N–H and O–H groups in total. The zero-order chi connectivity index (χ0) is 44.0. The van der Waals surface area contributed by atoms with Crippen molar-refractivity contribution in [1.82, 2.24) is 10.5 Å². The Morgan fingerprint density at radius 3 is 1.28 bits per heavy atom. The van der Waals surface area contributed by atoms with Gasteiger partial charge in [0, 0.05) is 0 Å². The van der Waals surface area contributed by atoms with Crippen molar-refractivity contribution in [2.75, 3.05) is 0 Å². The summed E-state index contributed by atoms with van der Waals surface area (Å²) in [6.45, 7) is 11.3. The maximum atomic E-state index is 14.6. The molecular formula is C46H48BCl2F6N2O2Zr. The topological polar surface area (TPSA) is 58.2 Å². The molecule has 317 valence electrons. The number of hydrogen-bond donors (Lipinski definition) is 2. The average molecular weight is 948 g/mol. The molecule has 0 bridgehead atoms. The van der Waals surface area contributed by atoms with E-state index in [2.05, 4.69) is 10.5 Å². The SMILES string of the molecule is CCC(=O)N[B](NC(=O)CC)[Zr]([Cl])([Cl])([CH]1C(CC(C)C)=Cc2c(-c3ccccc3C(F)(F)F)cccc21)[CH]1C(CC(C)C)=Cc2c(-c3ccccc3C(F)(F)F)cccc21. The van der Waals surface area contributed by atoms with E-state index in [4.69, 9.17) is 17.0 Å². The molecule has 2 unspecified atom stereocenters. The Morgan fingerprint density at radius 1 is 0.600 bits per heavy atom. The van der Waals surface area contributed by atoms with Gasteiger partial charge < -0.3 is 0 Å². The van der Waals surface area contributed by atoms with E-state index in [1.54, 1.807) is 62.4 Å². The minimum atomic E-state index is -6.55. The Labute approximate surface area is 356 Å². The monoisotopic (exact) mass is 945 g/mol. The number of carbonyl (C=O) groups is 2. The van der Waals surface area contributed by atoms with E-state index >= 15 is 0 Å². The van der Waals surface area contributed by atoms with Crippen molar-refractivity contribution in [1.29, 1.82) is 0 Å². The molecule has 2 amide bonds. The van der Waals surface area contributed by atoms with Gasteiger partial charge in [0.2, 0.25) is 0 Å². The molecule has 4 nitrogen and oxygen atoms in total. The second-order valence-electron chi connectivity index (χ2n) is 16.7. The van der Waals surface area contributed by atoms with Crippen LogP contribution in [0.25, 0.3) is 34.4 Å². The number of nitrogens with one attached hydrogen (secondary N) is 2. The molecular weight excluding hydrogens is 899 g/mol. The number of alkyl halides is 6. The molecule has 2 aliphatic rings. The molecule has 4 aromatic carbocycles. The Bertz CT molecular complexity index is 2220. The van der Waals surface area contributed by atoms with Crippen LogP contribution in [0, 0.1) is 11.8 Å². The Kier molecular flexibility index (Phi) is 13.2. The van der Waals surface area contributed by atoms with Crippen molar-refractivity contribution in [3.05, 3.63) is 129 Å². The van der Waals surface area contributed by atoms with Crippen LogP contribution in [0.5, 0.6) is 0 Å². The molecule has 6 rings (SSSR count). The van der Waals surface area contributed by atoms with Gasteiger partial charge in [-0.15, -0.1) is 0 Å². The number of fused-ring (bicyclic) bond motifs is 2. The van der Waals surface area contributed by atoms with Gasteiger partial charge in [-0.25, -0.2) is 0 Å². The number of hydrogen-bond acceptors (Lipinski definition) is 2. The summed E-state index contributed by atoms with van der Waals surface area (Å²) in [7, 11) is 17.4. The standard InChI is InChI=1S/2C20H18F3.C6H11BN2O2.2ClH.Zr/c2*1-13(2)10-14-11-15-6-5-8-16(18(15)12-14)17-7-3-4-9-19(17)20(21,22)23;1-3-5(10)8-7-9-6(11)4-2;;;/h2*3-9,11-13H,10H2,1-2H3;3-4H2,1-2H3,(H-,8,9,10,11);2*1H;/q;;;;;+1/p-1. The molecule has 60 heavy (non-hydrogen) atoms. The maximum absolute atomic E-state index is 14.6. The summed E-state index contributed by atoms with van der Waals surface area (Å²) in [6, 6.07) is 20.9. The quantitative estimate of drug-likeness (QED) is 0.104. The Balaban J connectivity index is 1.75. The molecule has 14 heteroatoms. The summed E-state index contributed by atoms with van der Waals surface area (Å²) >= 11 is -6.55. The number of halogens is 8. The Hall–Kier alpha value is -3.59. The van der Waals surface area contributed by atoms with Gasteiger partial charge in [0.1, 0.15) is 0 Å². The van der Waals surface area contributed by atoms with E-state index in [9.17, 15) is 35.9 Å². The summed E-state index contributed by atoms with van der Waals surface area (Å²) in [4.78, 5) is 27.3. The molecule has 0 fully saturated rings. The van der Waals surface area contributed by atoms with Crippen molar-refractivity contribution in [2.24, 2.45) is 11.8 Å². The molecule has 0 saturated carbocycles. The van der Waals surface area contributed by atoms with Gasteiger partial charge >= 0.3 is 358 Å². The summed E-state index contributed by atoms with van der Waals surface area (Å²) in [5.41, 5.74) is 2.55. The number of benzene rings is 4. The minimum absolute atomic E-state index is 0.00677. The molecule has 4 aromatic rings. The average Bonchev–Trinajstić information content (AvgIpc) is 3.75. The molecule has 2 atom stereocenters. The van der Waals surface area contributed by atoms with E-state index in [0.29, 0.717) is 46.2 Å². The normalized spacial score (nSPS) is 17.1. The number of allylic oxidation sites excluding steroid dienone is 2. The van der Waals surface area contributed by atoms with Crippen molar-refractivity contribution in [2.45, 2.75) is 86.8 Å². The molecule has 0 heterocycles. The van der Waals surface area contributed by atoms with Gasteiger partial charge in [0.05, 0.1) is 0 Å². The first-order valence-electron chi connectivity index (χ1n) is 20.3. The predicted octanol–water partition coefficient (Wildman–Crippen LogP) is 13.8. The van der Waals surface area contributed by atoms with Crippen LogP contribution in [0.4, 0.5) is 26.3 Å². The van der Waals surface area contributed by atoms with Crippen molar-refractivity contribution in [3.8, 4) is 22.3 Å². The summed E-state index contributed by atoms with van der Waals surface area (Å²) in [5.74, 6) is -0.877. The number of carbonyl (C=O) groups excluding carboxylic acids is 2. The van der Waals surface area contributed by atoms with Gasteiger partial charge in [-0.05, 0) is 0 Å². The zero-order valence-corrected chi connectivity index (χ0v) is 38.3. The van der Waals surface area contributed by atoms with E-state index in [0.717, 1.165) is 23.3 Å². The van der Waals surface area contributed by atoms with Gasteiger partial charge in [-0.2, -0.15) is 0 Å². The third-order valence-corrected chi connectivity index (χ3v) is 31.5. The number of amides is 2. The van der Waals surface area contributed by atoms with Crippen LogP contribution in [0.1, 0.15) is 108 Å². The first-order valence-corrected chi connectivity index (χ1v) is 30.9. The molecule has 0 radical (unpaired) electrons. The molecule has 0 aromatic heterocycles. The number of rotatable bonds is 13. The second kappa shape index (κ2) is 17.3. The second-order valence-corrected chi connectivity index (χ2v) is 38.1. The zero-order valence-electron chi connectivity index (χ0n) is 34.3. The van der Waals surface area contributed by atoms with Gasteiger partial charge in [0.25, 0.3) is 0 Å². The van der Waals surface area contributed by atoms with Crippen molar-refractivity contribution in [3.63, 3.8) is 0 Å². The van der Waals surface area contributed by atoms with Crippen LogP contribution >= 0.6 is 17.0 Å². The van der Waals surface area contributed by atoms with Crippen LogP contribution in [0.2, 0.25) is 0 Å². The van der Waals surface area contributed by atoms with Crippen LogP contribution < -0.4 is 10.5 Å². The predicted molar refractivity (Wildman–Crippen MR) is 228 cm³/mol. The summed E-state index contributed by atoms with van der Waals surface area (Å²) in [6.07, 6.45) is -4.73. The molecule has 0 saturated heterocycles. The van der Waals surface area contributed by atoms with Gasteiger partial charge in [-0.1, -0.05) is 0 Å². The summed E-state index contributed by atoms with van der Waals surface area (Å²) < 4.78 is 84.6. The Morgan fingerprint density at radius 2 is 0.950 bits per heavy atom. The van der Waals surface area contributed by atoms with Gasteiger partial charge in [-0.3, -0.25) is 0 Å². The fourth-order valence-corrected chi connectivity index (χ4v) is 29.9. The fraction of sp³-hybridized carbons (Fsp3) is 0.348. The van der Waals surface area contributed by atoms with E-state index in [-0.39, 0.29) is 35.8 Å². The van der Waals surface area contributed by atoms with E-state index < -0.39 is 63.2 Å². The fourth-order valence-electron chi connectivity index (χ4n) is 9.27. The first kappa shape index (κ1) is 45.9. The molecule has 2 aliphatic carbocycles. The van der Waals surface area contributed by atoms with Crippen LogP contribution in [-0.4, -0.2) is 16.3 Å². The van der Waals surface area contributed by atoms with Crippen molar-refractivity contribution < 1.29 is 52.1 Å². The van der Waals surface area contributed by atoms with Crippen LogP contribution in [0.3, 0.4) is 0 Å². The third kappa shape index (κ3) is 8.59. The van der Waals surface area contributed by atoms with Crippen LogP contribution in [0.15, 0.2) is 96.1 Å². The van der Waals surface area contributed by atoms with Crippen molar-refractivity contribution >= 4 is 45.5 Å². The molecule has 0 aliphatic heterocycles. The van der Waals surface area contributed by atoms with E-state index in [1.165, 1.54) is 24.3 Å². The van der Waals surface area contributed by atoms with Gasteiger partial charge in [0.15, 0.2) is 0 Å². The summed E-state index contributed by atoms with van der Waals surface area (Å²) in [5, 5.41) is 6.07. The van der Waals surface area contributed by atoms with E-state index in [1.807, 2.05) is 39.8 Å². The van der Waals surface area contributed by atoms with Crippen LogP contribution in [-0.2, 0) is 38.1 Å².